The van der Waals surface area contributed by atoms with E-state index in [4.69, 9.17) is 0 Å². The SMILES string of the molecule is O=C1CCC(NC(=O)NCC(F)(F)F)CN1. The molecule has 1 rings (SSSR count). The number of rotatable bonds is 2. The molecule has 8 heteroatoms. The highest BCUT2D eigenvalue weighted by molar-refractivity contribution is 5.78. The summed E-state index contributed by atoms with van der Waals surface area (Å²) in [5, 5.41) is 6.55. The Bertz CT molecular complexity index is 270. The largest absolute Gasteiger partial charge is 0.405 e. The van der Waals surface area contributed by atoms with Crippen LogP contribution in [0.2, 0.25) is 0 Å². The molecule has 3 amide bonds. The smallest absolute Gasteiger partial charge is 0.354 e. The molecule has 1 fully saturated rings. The average Bonchev–Trinajstić information content (AvgIpc) is 2.18. The first-order valence-electron chi connectivity index (χ1n) is 4.74. The van der Waals surface area contributed by atoms with E-state index in [0.717, 1.165) is 0 Å². The van der Waals surface area contributed by atoms with Crippen molar-refractivity contribution < 1.29 is 22.8 Å². The van der Waals surface area contributed by atoms with Crippen molar-refractivity contribution in [3.63, 3.8) is 0 Å². The molecule has 0 aromatic carbocycles. The summed E-state index contributed by atoms with van der Waals surface area (Å²) in [5.74, 6) is -0.117. The number of nitrogens with one attached hydrogen (secondary N) is 3. The second-order valence-corrected chi connectivity index (χ2v) is 3.48. The van der Waals surface area contributed by atoms with Gasteiger partial charge in [0.1, 0.15) is 6.54 Å². The Balaban J connectivity index is 2.22. The molecule has 0 aromatic heterocycles. The molecule has 1 atom stereocenters. The number of urea groups is 1. The van der Waals surface area contributed by atoms with Gasteiger partial charge in [0, 0.05) is 19.0 Å². The summed E-state index contributed by atoms with van der Waals surface area (Å²) >= 11 is 0. The first-order chi connectivity index (χ1) is 7.37. The Morgan fingerprint density at radius 1 is 1.50 bits per heavy atom. The van der Waals surface area contributed by atoms with Crippen molar-refractivity contribution in [1.29, 1.82) is 0 Å². The topological polar surface area (TPSA) is 70.2 Å². The van der Waals surface area contributed by atoms with Gasteiger partial charge in [0.25, 0.3) is 0 Å². The summed E-state index contributed by atoms with van der Waals surface area (Å²) in [6, 6.07) is -1.19. The molecule has 1 unspecified atom stereocenters. The molecule has 5 nitrogen and oxygen atoms in total. The van der Waals surface area contributed by atoms with Crippen molar-refractivity contribution in [3.8, 4) is 0 Å². The van der Waals surface area contributed by atoms with Crippen LogP contribution in [0.25, 0.3) is 0 Å². The molecular formula is C8H12F3N3O2. The van der Waals surface area contributed by atoms with E-state index in [1.54, 1.807) is 5.32 Å². The number of carbonyl (C=O) groups excluding carboxylic acids is 2. The minimum atomic E-state index is -4.42. The lowest BCUT2D eigenvalue weighted by atomic mass is 10.1. The fraction of sp³-hybridized carbons (Fsp3) is 0.750. The summed E-state index contributed by atoms with van der Waals surface area (Å²) in [7, 11) is 0. The second kappa shape index (κ2) is 5.04. The molecule has 0 saturated carbocycles. The standard InChI is InChI=1S/C8H12F3N3O2/c9-8(10,11)4-13-7(16)14-5-1-2-6(15)12-3-5/h5H,1-4H2,(H,12,15)(H2,13,14,16). The van der Waals surface area contributed by atoms with Gasteiger partial charge in [0.05, 0.1) is 0 Å². The summed E-state index contributed by atoms with van der Waals surface area (Å²) in [6.45, 7) is -1.11. The third-order valence-corrected chi connectivity index (χ3v) is 2.05. The molecule has 0 radical (unpaired) electrons. The zero-order valence-corrected chi connectivity index (χ0v) is 8.36. The van der Waals surface area contributed by atoms with E-state index in [9.17, 15) is 22.8 Å². The van der Waals surface area contributed by atoms with Crippen LogP contribution in [-0.4, -0.2) is 37.2 Å². The van der Waals surface area contributed by atoms with E-state index in [1.807, 2.05) is 0 Å². The molecule has 0 spiro atoms. The van der Waals surface area contributed by atoms with E-state index in [2.05, 4.69) is 10.6 Å². The Kier molecular flexibility index (Phi) is 3.97. The van der Waals surface area contributed by atoms with Crippen molar-refractivity contribution in [3.05, 3.63) is 0 Å². The highest BCUT2D eigenvalue weighted by Gasteiger charge is 2.28. The predicted molar refractivity (Wildman–Crippen MR) is 48.6 cm³/mol. The maximum absolute atomic E-state index is 11.7. The molecular weight excluding hydrogens is 227 g/mol. The van der Waals surface area contributed by atoms with E-state index < -0.39 is 18.8 Å². The van der Waals surface area contributed by atoms with Crippen LogP contribution in [0.3, 0.4) is 0 Å². The van der Waals surface area contributed by atoms with Gasteiger partial charge in [0.15, 0.2) is 0 Å². The van der Waals surface area contributed by atoms with E-state index in [1.165, 1.54) is 0 Å². The number of carbonyl (C=O) groups is 2. The number of hydrogen-bond donors (Lipinski definition) is 3. The normalized spacial score (nSPS) is 21.2. The quantitative estimate of drug-likeness (QED) is 0.641. The van der Waals surface area contributed by atoms with Crippen molar-refractivity contribution in [2.45, 2.75) is 25.1 Å². The van der Waals surface area contributed by atoms with Gasteiger partial charge in [-0.3, -0.25) is 4.79 Å². The van der Waals surface area contributed by atoms with Gasteiger partial charge in [0.2, 0.25) is 5.91 Å². The molecule has 0 aromatic rings. The van der Waals surface area contributed by atoms with Crippen molar-refractivity contribution in [2.24, 2.45) is 0 Å². The van der Waals surface area contributed by atoms with Crippen molar-refractivity contribution in [2.75, 3.05) is 13.1 Å². The molecule has 1 saturated heterocycles. The Hall–Kier alpha value is -1.47. The summed E-state index contributed by atoms with van der Waals surface area (Å²) < 4.78 is 35.2. The number of halogens is 3. The van der Waals surface area contributed by atoms with Gasteiger partial charge in [-0.25, -0.2) is 4.79 Å². The monoisotopic (exact) mass is 239 g/mol. The highest BCUT2D eigenvalue weighted by Crippen LogP contribution is 2.12. The number of amides is 3. The lowest BCUT2D eigenvalue weighted by Crippen LogP contribution is -2.51. The lowest BCUT2D eigenvalue weighted by molar-refractivity contribution is -0.123. The van der Waals surface area contributed by atoms with E-state index in [-0.39, 0.29) is 24.9 Å². The Morgan fingerprint density at radius 2 is 2.19 bits per heavy atom. The first-order valence-corrected chi connectivity index (χ1v) is 4.74. The van der Waals surface area contributed by atoms with Crippen molar-refractivity contribution in [1.82, 2.24) is 16.0 Å². The molecule has 1 heterocycles. The van der Waals surface area contributed by atoms with Gasteiger partial charge in [-0.05, 0) is 6.42 Å². The van der Waals surface area contributed by atoms with E-state index >= 15 is 0 Å². The van der Waals surface area contributed by atoms with Gasteiger partial charge in [-0.1, -0.05) is 0 Å². The summed E-state index contributed by atoms with van der Waals surface area (Å²) in [4.78, 5) is 21.8. The van der Waals surface area contributed by atoms with E-state index in [0.29, 0.717) is 6.42 Å². The van der Waals surface area contributed by atoms with Crippen molar-refractivity contribution >= 4 is 11.9 Å². The predicted octanol–water partition coefficient (Wildman–Crippen LogP) is 0.126. The molecule has 0 bridgehead atoms. The highest BCUT2D eigenvalue weighted by atomic mass is 19.4. The molecule has 0 aliphatic carbocycles. The third-order valence-electron chi connectivity index (χ3n) is 2.05. The van der Waals surface area contributed by atoms with Crippen LogP contribution in [0.4, 0.5) is 18.0 Å². The molecule has 92 valence electrons. The number of alkyl halides is 3. The van der Waals surface area contributed by atoms with Crippen LogP contribution in [0.15, 0.2) is 0 Å². The zero-order chi connectivity index (χ0) is 12.2. The van der Waals surface area contributed by atoms with Crippen LogP contribution >= 0.6 is 0 Å². The minimum absolute atomic E-state index is 0.117. The maximum atomic E-state index is 11.7. The fourth-order valence-corrected chi connectivity index (χ4v) is 1.27. The Morgan fingerprint density at radius 3 is 2.69 bits per heavy atom. The average molecular weight is 239 g/mol. The fourth-order valence-electron chi connectivity index (χ4n) is 1.27. The summed E-state index contributed by atoms with van der Waals surface area (Å²) in [5.41, 5.74) is 0. The van der Waals surface area contributed by atoms with Gasteiger partial charge < -0.3 is 16.0 Å². The number of piperidine rings is 1. The summed E-state index contributed by atoms with van der Waals surface area (Å²) in [6.07, 6.45) is -3.71. The van der Waals surface area contributed by atoms with Gasteiger partial charge in [-0.15, -0.1) is 0 Å². The number of hydrogen-bond acceptors (Lipinski definition) is 2. The van der Waals surface area contributed by atoms with Crippen LogP contribution in [0, 0.1) is 0 Å². The second-order valence-electron chi connectivity index (χ2n) is 3.48. The maximum Gasteiger partial charge on any atom is 0.405 e. The molecule has 3 N–H and O–H groups in total. The van der Waals surface area contributed by atoms with Crippen LogP contribution in [0.5, 0.6) is 0 Å². The lowest BCUT2D eigenvalue weighted by Gasteiger charge is -2.23. The first kappa shape index (κ1) is 12.6. The Labute approximate surface area is 89.8 Å². The molecule has 1 aliphatic rings. The zero-order valence-electron chi connectivity index (χ0n) is 8.36. The molecule has 1 aliphatic heterocycles. The van der Waals surface area contributed by atoms with Crippen LogP contribution in [0.1, 0.15) is 12.8 Å². The van der Waals surface area contributed by atoms with Crippen LogP contribution in [-0.2, 0) is 4.79 Å². The van der Waals surface area contributed by atoms with Crippen LogP contribution < -0.4 is 16.0 Å². The minimum Gasteiger partial charge on any atom is -0.354 e. The van der Waals surface area contributed by atoms with Gasteiger partial charge in [-0.2, -0.15) is 13.2 Å². The van der Waals surface area contributed by atoms with Gasteiger partial charge >= 0.3 is 12.2 Å². The molecule has 16 heavy (non-hydrogen) atoms. The third kappa shape index (κ3) is 4.85.